The Morgan fingerprint density at radius 2 is 1.60 bits per heavy atom. The van der Waals surface area contributed by atoms with E-state index < -0.39 is 14.8 Å². The van der Waals surface area contributed by atoms with Crippen LogP contribution in [-0.4, -0.2) is 19.6 Å². The van der Waals surface area contributed by atoms with Crippen LogP contribution in [0.3, 0.4) is 0 Å². The van der Waals surface area contributed by atoms with Gasteiger partial charge in [-0.3, -0.25) is 14.9 Å². The fourth-order valence-corrected chi connectivity index (χ4v) is 3.13. The largest absolute Gasteiger partial charge is 0.298 e. The molecule has 0 N–H and O–H groups in total. The number of rotatable bonds is 4. The van der Waals surface area contributed by atoms with Crippen LogP contribution in [0.5, 0.6) is 0 Å². The summed E-state index contributed by atoms with van der Waals surface area (Å²) in [5.41, 5.74) is -0.154. The Morgan fingerprint density at radius 1 is 1.00 bits per heavy atom. The number of nitro benzene ring substituents is 1. The van der Waals surface area contributed by atoms with E-state index in [1.54, 1.807) is 6.07 Å². The van der Waals surface area contributed by atoms with Crippen molar-refractivity contribution in [3.8, 4) is 0 Å². The molecule has 0 heterocycles. The second-order valence-electron chi connectivity index (χ2n) is 3.91. The molecule has 0 bridgehead atoms. The molecule has 6 nitrogen and oxygen atoms in total. The normalized spacial score (nSPS) is 11.0. The lowest BCUT2D eigenvalue weighted by Gasteiger charge is -2.06. The van der Waals surface area contributed by atoms with Crippen LogP contribution in [0.1, 0.15) is 10.4 Å². The molecular weight excluding hydrogens is 282 g/mol. The number of benzene rings is 2. The van der Waals surface area contributed by atoms with E-state index in [4.69, 9.17) is 0 Å². The van der Waals surface area contributed by atoms with Crippen molar-refractivity contribution >= 4 is 21.8 Å². The van der Waals surface area contributed by atoms with E-state index >= 15 is 0 Å². The van der Waals surface area contributed by atoms with E-state index in [-0.39, 0.29) is 21.0 Å². The summed E-state index contributed by atoms with van der Waals surface area (Å²) in [6.45, 7) is 0. The smallest absolute Gasteiger partial charge is 0.269 e. The Bertz CT molecular complexity index is 766. The molecule has 0 saturated heterocycles. The minimum absolute atomic E-state index is 0.0471. The zero-order chi connectivity index (χ0) is 14.8. The fraction of sp³-hybridized carbons (Fsp3) is 0. The molecule has 0 spiro atoms. The van der Waals surface area contributed by atoms with E-state index in [0.717, 1.165) is 24.3 Å². The van der Waals surface area contributed by atoms with Crippen LogP contribution >= 0.6 is 0 Å². The molecule has 0 unspecified atom stereocenters. The molecule has 7 heteroatoms. The van der Waals surface area contributed by atoms with Gasteiger partial charge >= 0.3 is 0 Å². The first-order chi connectivity index (χ1) is 9.46. The molecular formula is C13H9NO5S. The molecule has 0 aromatic heterocycles. The van der Waals surface area contributed by atoms with Crippen LogP contribution < -0.4 is 0 Å². The van der Waals surface area contributed by atoms with Crippen molar-refractivity contribution < 1.29 is 18.1 Å². The van der Waals surface area contributed by atoms with E-state index in [9.17, 15) is 23.3 Å². The van der Waals surface area contributed by atoms with E-state index in [2.05, 4.69) is 0 Å². The van der Waals surface area contributed by atoms with Crippen LogP contribution in [0, 0.1) is 10.1 Å². The van der Waals surface area contributed by atoms with Gasteiger partial charge in [0.2, 0.25) is 9.84 Å². The van der Waals surface area contributed by atoms with Gasteiger partial charge in [-0.2, -0.15) is 0 Å². The Hall–Kier alpha value is -2.54. The van der Waals surface area contributed by atoms with Gasteiger partial charge in [0.15, 0.2) is 6.29 Å². The van der Waals surface area contributed by atoms with Gasteiger partial charge in [0.25, 0.3) is 5.69 Å². The van der Waals surface area contributed by atoms with Gasteiger partial charge < -0.3 is 0 Å². The summed E-state index contributed by atoms with van der Waals surface area (Å²) in [6.07, 6.45) is 0.457. The lowest BCUT2D eigenvalue weighted by molar-refractivity contribution is -0.384. The summed E-state index contributed by atoms with van der Waals surface area (Å²) in [5, 5.41) is 10.5. The first-order valence-corrected chi connectivity index (χ1v) is 6.99. The first-order valence-electron chi connectivity index (χ1n) is 5.50. The monoisotopic (exact) mass is 291 g/mol. The van der Waals surface area contributed by atoms with Crippen molar-refractivity contribution in [2.75, 3.05) is 0 Å². The summed E-state index contributed by atoms with van der Waals surface area (Å²) in [5.74, 6) is 0. The molecule has 20 heavy (non-hydrogen) atoms. The third-order valence-electron chi connectivity index (χ3n) is 2.69. The van der Waals surface area contributed by atoms with Crippen molar-refractivity contribution in [2.24, 2.45) is 0 Å². The highest BCUT2D eigenvalue weighted by Crippen LogP contribution is 2.24. The summed E-state index contributed by atoms with van der Waals surface area (Å²) >= 11 is 0. The number of carbonyl (C=O) groups excluding carboxylic acids is 1. The maximum atomic E-state index is 12.4. The molecule has 0 atom stereocenters. The zero-order valence-corrected chi connectivity index (χ0v) is 10.9. The van der Waals surface area contributed by atoms with Crippen LogP contribution in [0.4, 0.5) is 5.69 Å². The fourth-order valence-electron chi connectivity index (χ4n) is 1.70. The van der Waals surface area contributed by atoms with Crippen molar-refractivity contribution in [3.63, 3.8) is 0 Å². The quantitative estimate of drug-likeness (QED) is 0.489. The molecule has 0 aliphatic carbocycles. The molecule has 102 valence electrons. The Morgan fingerprint density at radius 3 is 2.15 bits per heavy atom. The predicted molar refractivity (Wildman–Crippen MR) is 70.4 cm³/mol. The lowest BCUT2D eigenvalue weighted by Crippen LogP contribution is -2.05. The number of sulfone groups is 1. The molecule has 0 aliphatic heterocycles. The molecule has 0 radical (unpaired) electrons. The zero-order valence-electron chi connectivity index (χ0n) is 10.1. The van der Waals surface area contributed by atoms with Crippen LogP contribution in [0.15, 0.2) is 58.3 Å². The van der Waals surface area contributed by atoms with Crippen molar-refractivity contribution in [2.45, 2.75) is 9.79 Å². The summed E-state index contributed by atoms with van der Waals surface area (Å²) in [4.78, 5) is 20.6. The number of non-ortho nitro benzene ring substituents is 1. The average Bonchev–Trinajstić information content (AvgIpc) is 2.47. The van der Waals surface area contributed by atoms with Gasteiger partial charge in [0.1, 0.15) is 0 Å². The van der Waals surface area contributed by atoms with Gasteiger partial charge in [-0.15, -0.1) is 0 Å². The highest BCUT2D eigenvalue weighted by atomic mass is 32.2. The van der Waals surface area contributed by atoms with Crippen LogP contribution in [0.2, 0.25) is 0 Å². The third kappa shape index (κ3) is 2.43. The number of hydrogen-bond acceptors (Lipinski definition) is 5. The second kappa shape index (κ2) is 5.22. The highest BCUT2D eigenvalue weighted by molar-refractivity contribution is 7.91. The summed E-state index contributed by atoms with van der Waals surface area (Å²) < 4.78 is 24.7. The molecule has 0 saturated carbocycles. The Labute approximate surface area is 114 Å². The number of aldehydes is 1. The molecule has 2 aromatic carbocycles. The van der Waals surface area contributed by atoms with Crippen molar-refractivity contribution in [1.82, 2.24) is 0 Å². The van der Waals surface area contributed by atoms with Crippen LogP contribution in [-0.2, 0) is 9.84 Å². The van der Waals surface area contributed by atoms with E-state index in [0.29, 0.717) is 6.29 Å². The number of carbonyl (C=O) groups is 1. The first kappa shape index (κ1) is 13.9. The molecule has 0 amide bonds. The van der Waals surface area contributed by atoms with Crippen molar-refractivity contribution in [1.29, 1.82) is 0 Å². The number of nitro groups is 1. The highest BCUT2D eigenvalue weighted by Gasteiger charge is 2.21. The molecule has 0 aliphatic rings. The maximum Gasteiger partial charge on any atom is 0.269 e. The SMILES string of the molecule is O=Cc1ccccc1S(=O)(=O)c1ccc([N+](=O)[O-])cc1. The molecule has 2 aromatic rings. The molecule has 0 fully saturated rings. The third-order valence-corrected chi connectivity index (χ3v) is 4.54. The van der Waals surface area contributed by atoms with Gasteiger partial charge in [-0.05, 0) is 18.2 Å². The van der Waals surface area contributed by atoms with Gasteiger partial charge in [0.05, 0.1) is 14.7 Å². The second-order valence-corrected chi connectivity index (χ2v) is 5.83. The van der Waals surface area contributed by atoms with E-state index in [1.807, 2.05) is 0 Å². The minimum atomic E-state index is -3.88. The number of nitrogens with zero attached hydrogens (tertiary/aromatic N) is 1. The van der Waals surface area contributed by atoms with Gasteiger partial charge in [-0.25, -0.2) is 8.42 Å². The Balaban J connectivity index is 2.55. The predicted octanol–water partition coefficient (Wildman–Crippen LogP) is 2.24. The summed E-state index contributed by atoms with van der Waals surface area (Å²) in [7, 11) is -3.88. The molecule has 2 rings (SSSR count). The number of hydrogen-bond donors (Lipinski definition) is 0. The van der Waals surface area contributed by atoms with Crippen molar-refractivity contribution in [3.05, 3.63) is 64.2 Å². The summed E-state index contributed by atoms with van der Waals surface area (Å²) in [6, 6.07) is 10.3. The topological polar surface area (TPSA) is 94.3 Å². The average molecular weight is 291 g/mol. The van der Waals surface area contributed by atoms with Gasteiger partial charge in [0, 0.05) is 17.7 Å². The van der Waals surface area contributed by atoms with Gasteiger partial charge in [-0.1, -0.05) is 18.2 Å². The Kier molecular flexibility index (Phi) is 3.62. The maximum absolute atomic E-state index is 12.4. The van der Waals surface area contributed by atoms with Crippen LogP contribution in [0.25, 0.3) is 0 Å². The van der Waals surface area contributed by atoms with E-state index in [1.165, 1.54) is 18.2 Å². The lowest BCUT2D eigenvalue weighted by atomic mass is 10.2. The standard InChI is InChI=1S/C13H9NO5S/c15-9-10-3-1-2-4-13(10)20(18,19)12-7-5-11(6-8-12)14(16)17/h1-9H. The minimum Gasteiger partial charge on any atom is -0.298 e.